The van der Waals surface area contributed by atoms with E-state index in [1.807, 2.05) is 23.0 Å². The Morgan fingerprint density at radius 3 is 2.61 bits per heavy atom. The SMILES string of the molecule is CCC(Nc1ccccc1-n1cccn1)C(C)C. The summed E-state index contributed by atoms with van der Waals surface area (Å²) in [6.45, 7) is 6.71. The van der Waals surface area contributed by atoms with Gasteiger partial charge in [0.15, 0.2) is 0 Å². The first kappa shape index (κ1) is 12.7. The van der Waals surface area contributed by atoms with Crippen LogP contribution in [0, 0.1) is 5.92 Å². The van der Waals surface area contributed by atoms with E-state index in [1.54, 1.807) is 6.20 Å². The fourth-order valence-electron chi connectivity index (χ4n) is 2.15. The van der Waals surface area contributed by atoms with Gasteiger partial charge in [-0.2, -0.15) is 5.10 Å². The zero-order valence-electron chi connectivity index (χ0n) is 11.3. The Morgan fingerprint density at radius 2 is 2.00 bits per heavy atom. The molecule has 0 aliphatic heterocycles. The topological polar surface area (TPSA) is 29.9 Å². The lowest BCUT2D eigenvalue weighted by molar-refractivity contribution is 0.511. The average molecular weight is 243 g/mol. The molecule has 0 radical (unpaired) electrons. The minimum absolute atomic E-state index is 0.488. The molecule has 3 heteroatoms. The van der Waals surface area contributed by atoms with Crippen molar-refractivity contribution < 1.29 is 0 Å². The smallest absolute Gasteiger partial charge is 0.0876 e. The van der Waals surface area contributed by atoms with Crippen molar-refractivity contribution in [1.82, 2.24) is 9.78 Å². The van der Waals surface area contributed by atoms with Gasteiger partial charge in [-0.25, -0.2) is 4.68 Å². The van der Waals surface area contributed by atoms with E-state index in [2.05, 4.69) is 49.4 Å². The van der Waals surface area contributed by atoms with Crippen LogP contribution < -0.4 is 5.32 Å². The monoisotopic (exact) mass is 243 g/mol. The zero-order chi connectivity index (χ0) is 13.0. The van der Waals surface area contributed by atoms with E-state index in [-0.39, 0.29) is 0 Å². The maximum absolute atomic E-state index is 4.30. The van der Waals surface area contributed by atoms with Gasteiger partial charge in [0.2, 0.25) is 0 Å². The molecule has 0 bridgehead atoms. The van der Waals surface area contributed by atoms with Crippen LogP contribution >= 0.6 is 0 Å². The molecule has 96 valence electrons. The Labute approximate surface area is 109 Å². The summed E-state index contributed by atoms with van der Waals surface area (Å²) >= 11 is 0. The van der Waals surface area contributed by atoms with Crippen molar-refractivity contribution >= 4 is 5.69 Å². The van der Waals surface area contributed by atoms with Crippen LogP contribution in [0.4, 0.5) is 5.69 Å². The molecule has 0 aliphatic rings. The van der Waals surface area contributed by atoms with Gasteiger partial charge in [-0.1, -0.05) is 32.9 Å². The number of nitrogens with zero attached hydrogens (tertiary/aromatic N) is 2. The molecule has 0 fully saturated rings. The summed E-state index contributed by atoms with van der Waals surface area (Å²) in [6, 6.07) is 10.7. The Bertz CT molecular complexity index is 474. The lowest BCUT2D eigenvalue weighted by Gasteiger charge is -2.23. The molecule has 0 spiro atoms. The predicted molar refractivity (Wildman–Crippen MR) is 76.1 cm³/mol. The van der Waals surface area contributed by atoms with E-state index in [4.69, 9.17) is 0 Å². The van der Waals surface area contributed by atoms with Crippen molar-refractivity contribution in [2.75, 3.05) is 5.32 Å². The standard InChI is InChI=1S/C15H21N3/c1-4-13(12(2)3)17-14-8-5-6-9-15(14)18-11-7-10-16-18/h5-13,17H,4H2,1-3H3. The van der Waals surface area contributed by atoms with E-state index in [0.29, 0.717) is 12.0 Å². The van der Waals surface area contributed by atoms with Crippen LogP contribution in [0.5, 0.6) is 0 Å². The summed E-state index contributed by atoms with van der Waals surface area (Å²) in [5.41, 5.74) is 2.24. The molecular weight excluding hydrogens is 222 g/mol. The van der Waals surface area contributed by atoms with E-state index in [1.165, 1.54) is 0 Å². The fraction of sp³-hybridized carbons (Fsp3) is 0.400. The van der Waals surface area contributed by atoms with Gasteiger partial charge in [-0.05, 0) is 30.5 Å². The van der Waals surface area contributed by atoms with Crippen molar-refractivity contribution in [3.05, 3.63) is 42.7 Å². The molecule has 0 aliphatic carbocycles. The molecule has 2 rings (SSSR count). The number of hydrogen-bond donors (Lipinski definition) is 1. The van der Waals surface area contributed by atoms with E-state index < -0.39 is 0 Å². The molecule has 3 nitrogen and oxygen atoms in total. The second-order valence-electron chi connectivity index (χ2n) is 4.87. The number of benzene rings is 1. The minimum Gasteiger partial charge on any atom is -0.380 e. The van der Waals surface area contributed by atoms with Gasteiger partial charge in [0.25, 0.3) is 0 Å². The van der Waals surface area contributed by atoms with Crippen LogP contribution in [0.1, 0.15) is 27.2 Å². The molecule has 0 saturated carbocycles. The second-order valence-corrected chi connectivity index (χ2v) is 4.87. The van der Waals surface area contributed by atoms with E-state index >= 15 is 0 Å². The third-order valence-corrected chi connectivity index (χ3v) is 3.24. The molecule has 2 aromatic rings. The molecule has 18 heavy (non-hydrogen) atoms. The van der Waals surface area contributed by atoms with Crippen molar-refractivity contribution in [3.63, 3.8) is 0 Å². The summed E-state index contributed by atoms with van der Waals surface area (Å²) in [5, 5.41) is 7.93. The molecular formula is C15H21N3. The van der Waals surface area contributed by atoms with Crippen LogP contribution in [0.25, 0.3) is 5.69 Å². The lowest BCUT2D eigenvalue weighted by atomic mass is 10.0. The quantitative estimate of drug-likeness (QED) is 0.867. The molecule has 0 amide bonds. The van der Waals surface area contributed by atoms with Crippen LogP contribution in [-0.2, 0) is 0 Å². The number of hydrogen-bond acceptors (Lipinski definition) is 2. The number of anilines is 1. The van der Waals surface area contributed by atoms with Gasteiger partial charge in [0, 0.05) is 18.4 Å². The number of aromatic nitrogens is 2. The van der Waals surface area contributed by atoms with Crippen molar-refractivity contribution in [2.24, 2.45) is 5.92 Å². The maximum Gasteiger partial charge on any atom is 0.0876 e. The van der Waals surface area contributed by atoms with E-state index in [9.17, 15) is 0 Å². The van der Waals surface area contributed by atoms with Gasteiger partial charge in [0.05, 0.1) is 11.4 Å². The normalized spacial score (nSPS) is 12.7. The Morgan fingerprint density at radius 1 is 1.22 bits per heavy atom. The van der Waals surface area contributed by atoms with Crippen LogP contribution in [0.2, 0.25) is 0 Å². The summed E-state index contributed by atoms with van der Waals surface area (Å²) < 4.78 is 1.90. The van der Waals surface area contributed by atoms with Gasteiger partial charge in [0.1, 0.15) is 0 Å². The number of para-hydroxylation sites is 2. The van der Waals surface area contributed by atoms with Gasteiger partial charge in [-0.15, -0.1) is 0 Å². The molecule has 1 N–H and O–H groups in total. The number of nitrogens with one attached hydrogen (secondary N) is 1. The average Bonchev–Trinajstić information content (AvgIpc) is 2.89. The fourth-order valence-corrected chi connectivity index (χ4v) is 2.15. The van der Waals surface area contributed by atoms with Crippen molar-refractivity contribution in [2.45, 2.75) is 33.2 Å². The van der Waals surface area contributed by atoms with Gasteiger partial charge < -0.3 is 5.32 Å². The van der Waals surface area contributed by atoms with Gasteiger partial charge in [-0.3, -0.25) is 0 Å². The molecule has 1 heterocycles. The molecule has 1 atom stereocenters. The third-order valence-electron chi connectivity index (χ3n) is 3.24. The molecule has 1 aromatic carbocycles. The Hall–Kier alpha value is -1.77. The summed E-state index contributed by atoms with van der Waals surface area (Å²) in [6.07, 6.45) is 4.89. The Balaban J connectivity index is 2.28. The highest BCUT2D eigenvalue weighted by Gasteiger charge is 2.13. The van der Waals surface area contributed by atoms with Crippen LogP contribution in [0.3, 0.4) is 0 Å². The highest BCUT2D eigenvalue weighted by molar-refractivity contribution is 5.61. The van der Waals surface area contributed by atoms with Crippen LogP contribution in [0.15, 0.2) is 42.7 Å². The predicted octanol–water partition coefficient (Wildman–Crippen LogP) is 3.72. The molecule has 1 aromatic heterocycles. The largest absolute Gasteiger partial charge is 0.380 e. The van der Waals surface area contributed by atoms with Crippen molar-refractivity contribution in [1.29, 1.82) is 0 Å². The lowest BCUT2D eigenvalue weighted by Crippen LogP contribution is -2.25. The van der Waals surface area contributed by atoms with E-state index in [0.717, 1.165) is 17.8 Å². The first-order valence-electron chi connectivity index (χ1n) is 6.58. The summed E-state index contributed by atoms with van der Waals surface area (Å²) in [4.78, 5) is 0. The first-order chi connectivity index (χ1) is 8.72. The summed E-state index contributed by atoms with van der Waals surface area (Å²) in [7, 11) is 0. The maximum atomic E-state index is 4.30. The number of rotatable bonds is 5. The Kier molecular flexibility index (Phi) is 4.03. The first-order valence-corrected chi connectivity index (χ1v) is 6.58. The third kappa shape index (κ3) is 2.73. The van der Waals surface area contributed by atoms with Crippen molar-refractivity contribution in [3.8, 4) is 5.69 Å². The highest BCUT2D eigenvalue weighted by Crippen LogP contribution is 2.22. The summed E-state index contributed by atoms with van der Waals surface area (Å²) in [5.74, 6) is 0.612. The van der Waals surface area contributed by atoms with Crippen LogP contribution in [-0.4, -0.2) is 15.8 Å². The molecule has 0 saturated heterocycles. The molecule has 1 unspecified atom stereocenters. The minimum atomic E-state index is 0.488. The second kappa shape index (κ2) is 5.71. The zero-order valence-corrected chi connectivity index (χ0v) is 11.3. The van der Waals surface area contributed by atoms with Gasteiger partial charge >= 0.3 is 0 Å². The highest BCUT2D eigenvalue weighted by atomic mass is 15.3.